The number of amides is 3. The maximum Gasteiger partial charge on any atom is 0.250 e. The molecule has 3 saturated heterocycles. The number of carbonyl (C=O) groups is 3. The summed E-state index contributed by atoms with van der Waals surface area (Å²) in [7, 11) is 0. The molecule has 0 aliphatic carbocycles. The Labute approximate surface area is 166 Å². The minimum absolute atomic E-state index is 0.174. The number of fused-ring (bicyclic) bond motifs is 7. The van der Waals surface area contributed by atoms with Crippen molar-refractivity contribution in [2.24, 2.45) is 11.8 Å². The Morgan fingerprint density at radius 1 is 1.03 bits per heavy atom. The zero-order chi connectivity index (χ0) is 19.9. The standard InChI is InChI=1S/C22H18FN3O3/c23-12-5-3-6-13(11-12)26-19(27)17-16-9-4-10-25(16)22(18(17)20(26)28)14-7-1-2-8-15(14)24-21(22)29/h1-3,5-8,11,16-18H,4,9-10H2,(H,24,29)/t16-,17-,18+,22+/m1/s1. The highest BCUT2D eigenvalue weighted by molar-refractivity contribution is 6.25. The number of nitrogens with one attached hydrogen (secondary N) is 1. The Bertz CT molecular complexity index is 1100. The van der Waals surface area contributed by atoms with Crippen molar-refractivity contribution in [2.75, 3.05) is 16.8 Å². The Morgan fingerprint density at radius 2 is 1.86 bits per heavy atom. The maximum atomic E-state index is 13.8. The predicted octanol–water partition coefficient (Wildman–Crippen LogP) is 2.26. The molecule has 0 radical (unpaired) electrons. The SMILES string of the molecule is O=C1[C@@H]2[C@H]3CCCN3[C@]3(C(=O)Nc4ccccc43)[C@@H]2C(=O)N1c1cccc(F)c1. The molecule has 3 fully saturated rings. The third-order valence-electron chi connectivity index (χ3n) is 6.97. The van der Waals surface area contributed by atoms with E-state index in [4.69, 9.17) is 0 Å². The fourth-order valence-corrected chi connectivity index (χ4v) is 6.03. The fourth-order valence-electron chi connectivity index (χ4n) is 6.03. The van der Waals surface area contributed by atoms with Crippen LogP contribution in [0.1, 0.15) is 18.4 Å². The van der Waals surface area contributed by atoms with E-state index < -0.39 is 29.1 Å². The molecule has 4 atom stereocenters. The smallest absolute Gasteiger partial charge is 0.250 e. The number of para-hydroxylation sites is 1. The van der Waals surface area contributed by atoms with E-state index in [1.54, 1.807) is 6.07 Å². The zero-order valence-electron chi connectivity index (χ0n) is 15.5. The maximum absolute atomic E-state index is 13.8. The number of hydrogen-bond donors (Lipinski definition) is 1. The summed E-state index contributed by atoms with van der Waals surface area (Å²) in [6.45, 7) is 0.667. The van der Waals surface area contributed by atoms with E-state index in [1.165, 1.54) is 18.2 Å². The molecule has 0 aromatic heterocycles. The molecule has 3 amide bonds. The van der Waals surface area contributed by atoms with Crippen molar-refractivity contribution in [1.29, 1.82) is 0 Å². The number of hydrogen-bond acceptors (Lipinski definition) is 4. The number of halogens is 1. The van der Waals surface area contributed by atoms with Crippen LogP contribution in [0.15, 0.2) is 48.5 Å². The molecule has 0 bridgehead atoms. The largest absolute Gasteiger partial charge is 0.324 e. The second kappa shape index (κ2) is 5.51. The molecule has 4 heterocycles. The third-order valence-corrected chi connectivity index (χ3v) is 6.97. The first-order valence-corrected chi connectivity index (χ1v) is 9.86. The normalized spacial score (nSPS) is 32.7. The molecule has 4 aliphatic heterocycles. The Balaban J connectivity index is 1.56. The molecule has 1 spiro atoms. The number of imide groups is 1. The minimum atomic E-state index is -1.18. The molecule has 7 heteroatoms. The van der Waals surface area contributed by atoms with Gasteiger partial charge >= 0.3 is 0 Å². The van der Waals surface area contributed by atoms with Gasteiger partial charge in [-0.1, -0.05) is 24.3 Å². The Hall–Kier alpha value is -3.06. The highest BCUT2D eigenvalue weighted by Gasteiger charge is 2.74. The van der Waals surface area contributed by atoms with Gasteiger partial charge in [-0.2, -0.15) is 0 Å². The van der Waals surface area contributed by atoms with Gasteiger partial charge in [0.05, 0.1) is 17.5 Å². The quantitative estimate of drug-likeness (QED) is 0.757. The molecule has 29 heavy (non-hydrogen) atoms. The Morgan fingerprint density at radius 3 is 2.69 bits per heavy atom. The lowest BCUT2D eigenvalue weighted by atomic mass is 9.75. The van der Waals surface area contributed by atoms with Crippen LogP contribution in [0, 0.1) is 17.7 Å². The predicted molar refractivity (Wildman–Crippen MR) is 102 cm³/mol. The van der Waals surface area contributed by atoms with Crippen LogP contribution >= 0.6 is 0 Å². The van der Waals surface area contributed by atoms with Gasteiger partial charge in [-0.05, 0) is 43.7 Å². The van der Waals surface area contributed by atoms with Crippen LogP contribution in [0.3, 0.4) is 0 Å². The minimum Gasteiger partial charge on any atom is -0.324 e. The lowest BCUT2D eigenvalue weighted by Crippen LogP contribution is -2.54. The first-order valence-electron chi connectivity index (χ1n) is 9.86. The summed E-state index contributed by atoms with van der Waals surface area (Å²) in [4.78, 5) is 43.6. The van der Waals surface area contributed by atoms with E-state index in [0.29, 0.717) is 12.2 Å². The molecule has 146 valence electrons. The first kappa shape index (κ1) is 16.9. The highest BCUT2D eigenvalue weighted by Crippen LogP contribution is 2.60. The van der Waals surface area contributed by atoms with Gasteiger partial charge in [0, 0.05) is 17.3 Å². The van der Waals surface area contributed by atoms with E-state index in [1.807, 2.05) is 24.3 Å². The molecule has 1 N–H and O–H groups in total. The number of benzene rings is 2. The zero-order valence-corrected chi connectivity index (χ0v) is 15.5. The van der Waals surface area contributed by atoms with Gasteiger partial charge in [0.1, 0.15) is 11.4 Å². The average Bonchev–Trinajstić information content (AvgIpc) is 3.40. The lowest BCUT2D eigenvalue weighted by molar-refractivity contribution is -0.135. The summed E-state index contributed by atoms with van der Waals surface area (Å²) < 4.78 is 13.8. The van der Waals surface area contributed by atoms with E-state index in [-0.39, 0.29) is 23.5 Å². The summed E-state index contributed by atoms with van der Waals surface area (Å²) in [5.74, 6) is -2.94. The van der Waals surface area contributed by atoms with Crippen LogP contribution in [0.4, 0.5) is 15.8 Å². The van der Waals surface area contributed by atoms with E-state index in [9.17, 15) is 18.8 Å². The molecular formula is C22H18FN3O3. The number of carbonyl (C=O) groups excluding carboxylic acids is 3. The molecule has 6 nitrogen and oxygen atoms in total. The van der Waals surface area contributed by atoms with Crippen LogP contribution in [0.2, 0.25) is 0 Å². The fraction of sp³-hybridized carbons (Fsp3) is 0.318. The lowest BCUT2D eigenvalue weighted by Gasteiger charge is -2.36. The first-order chi connectivity index (χ1) is 14.0. The number of rotatable bonds is 1. The summed E-state index contributed by atoms with van der Waals surface area (Å²) in [5.41, 5.74) is 0.484. The van der Waals surface area contributed by atoms with Gasteiger partial charge in [0.2, 0.25) is 17.7 Å². The second-order valence-corrected chi connectivity index (χ2v) is 8.16. The van der Waals surface area contributed by atoms with Gasteiger partial charge < -0.3 is 5.32 Å². The van der Waals surface area contributed by atoms with Crippen LogP contribution in [0.25, 0.3) is 0 Å². The molecule has 0 saturated carbocycles. The molecule has 4 aliphatic rings. The van der Waals surface area contributed by atoms with Crippen molar-refractivity contribution in [3.63, 3.8) is 0 Å². The highest BCUT2D eigenvalue weighted by atomic mass is 19.1. The molecule has 2 aromatic rings. The van der Waals surface area contributed by atoms with Gasteiger partial charge in [-0.25, -0.2) is 9.29 Å². The van der Waals surface area contributed by atoms with Crippen LogP contribution in [0.5, 0.6) is 0 Å². The summed E-state index contributed by atoms with van der Waals surface area (Å²) in [6, 6.07) is 12.7. The monoisotopic (exact) mass is 391 g/mol. The average molecular weight is 391 g/mol. The Kier molecular flexibility index (Phi) is 3.20. The second-order valence-electron chi connectivity index (χ2n) is 8.16. The van der Waals surface area contributed by atoms with Crippen LogP contribution in [-0.4, -0.2) is 35.2 Å². The van der Waals surface area contributed by atoms with Crippen molar-refractivity contribution in [2.45, 2.75) is 24.4 Å². The van der Waals surface area contributed by atoms with Crippen molar-refractivity contribution in [1.82, 2.24) is 4.90 Å². The molecule has 2 aromatic carbocycles. The van der Waals surface area contributed by atoms with Crippen LogP contribution < -0.4 is 10.2 Å². The van der Waals surface area contributed by atoms with Gasteiger partial charge in [-0.3, -0.25) is 19.3 Å². The van der Waals surface area contributed by atoms with Gasteiger partial charge in [-0.15, -0.1) is 0 Å². The molecular weight excluding hydrogens is 373 g/mol. The van der Waals surface area contributed by atoms with E-state index in [0.717, 1.165) is 23.3 Å². The third kappa shape index (κ3) is 1.86. The van der Waals surface area contributed by atoms with Gasteiger partial charge in [0.15, 0.2) is 0 Å². The van der Waals surface area contributed by atoms with E-state index in [2.05, 4.69) is 10.2 Å². The number of nitrogens with zero attached hydrogens (tertiary/aromatic N) is 2. The van der Waals surface area contributed by atoms with Crippen LogP contribution in [-0.2, 0) is 19.9 Å². The molecule has 0 unspecified atom stereocenters. The van der Waals surface area contributed by atoms with Crippen molar-refractivity contribution in [3.05, 3.63) is 59.9 Å². The molecule has 6 rings (SSSR count). The topological polar surface area (TPSA) is 69.7 Å². The van der Waals surface area contributed by atoms with Gasteiger partial charge in [0.25, 0.3) is 0 Å². The summed E-state index contributed by atoms with van der Waals surface area (Å²) >= 11 is 0. The summed E-state index contributed by atoms with van der Waals surface area (Å²) in [5, 5.41) is 2.93. The van der Waals surface area contributed by atoms with Crippen molar-refractivity contribution < 1.29 is 18.8 Å². The van der Waals surface area contributed by atoms with Crippen molar-refractivity contribution in [3.8, 4) is 0 Å². The number of anilines is 2. The summed E-state index contributed by atoms with van der Waals surface area (Å²) in [6.07, 6.45) is 1.63. The van der Waals surface area contributed by atoms with Crippen molar-refractivity contribution >= 4 is 29.1 Å². The van der Waals surface area contributed by atoms with E-state index >= 15 is 0 Å².